The first kappa shape index (κ1) is 18.9. The highest BCUT2D eigenvalue weighted by Crippen LogP contribution is 2.35. The molecule has 0 fully saturated rings. The lowest BCUT2D eigenvalue weighted by Crippen LogP contribution is -2.15. The number of methoxy groups -OCH3 is 2. The highest BCUT2D eigenvalue weighted by molar-refractivity contribution is 6.34. The number of hydrogen-bond acceptors (Lipinski definition) is 7. The summed E-state index contributed by atoms with van der Waals surface area (Å²) in [5.41, 5.74) is -1.21. The highest BCUT2D eigenvalue weighted by Gasteiger charge is 2.25. The van der Waals surface area contributed by atoms with E-state index in [9.17, 15) is 25.0 Å². The zero-order valence-corrected chi connectivity index (χ0v) is 14.3. The molecule has 2 rings (SSSR count). The third kappa shape index (κ3) is 3.81. The van der Waals surface area contributed by atoms with E-state index in [0.717, 1.165) is 24.3 Å². The fraction of sp³-hybridized carbons (Fsp3) is 0.133. The molecule has 0 atom stereocenters. The van der Waals surface area contributed by atoms with E-state index in [1.807, 2.05) is 0 Å². The van der Waals surface area contributed by atoms with Gasteiger partial charge >= 0.3 is 0 Å². The standard InChI is InChI=1S/C15H12ClN3O7/c1-25-13-6-9(12(19(23)24)7-14(13)26-2)15(20)17-11-5-8(18(21)22)3-4-10(11)16/h3-7H,1-2H3,(H,17,20). The van der Waals surface area contributed by atoms with Crippen LogP contribution in [-0.4, -0.2) is 30.0 Å². The minimum atomic E-state index is -0.889. The molecule has 2 aromatic carbocycles. The summed E-state index contributed by atoms with van der Waals surface area (Å²) in [6.45, 7) is 0. The van der Waals surface area contributed by atoms with Gasteiger partial charge in [-0.05, 0) is 6.07 Å². The summed E-state index contributed by atoms with van der Waals surface area (Å²) in [5, 5.41) is 24.5. The van der Waals surface area contributed by atoms with Crippen LogP contribution in [0.25, 0.3) is 0 Å². The van der Waals surface area contributed by atoms with Crippen molar-refractivity contribution in [3.8, 4) is 11.5 Å². The Balaban J connectivity index is 2.48. The maximum Gasteiger partial charge on any atom is 0.286 e. The molecule has 1 amide bonds. The number of rotatable bonds is 6. The average molecular weight is 382 g/mol. The van der Waals surface area contributed by atoms with Gasteiger partial charge in [0.1, 0.15) is 5.56 Å². The molecule has 2 aromatic rings. The lowest BCUT2D eigenvalue weighted by Gasteiger charge is -2.11. The van der Waals surface area contributed by atoms with Crippen LogP contribution in [0, 0.1) is 20.2 Å². The van der Waals surface area contributed by atoms with Gasteiger partial charge < -0.3 is 14.8 Å². The first-order valence-corrected chi connectivity index (χ1v) is 7.32. The molecule has 26 heavy (non-hydrogen) atoms. The van der Waals surface area contributed by atoms with Crippen molar-refractivity contribution in [2.24, 2.45) is 0 Å². The van der Waals surface area contributed by atoms with Crippen molar-refractivity contribution in [3.05, 3.63) is 61.1 Å². The number of carbonyl (C=O) groups excluding carboxylic acids is 1. The number of nitrogens with one attached hydrogen (secondary N) is 1. The van der Waals surface area contributed by atoms with E-state index in [0.29, 0.717) is 0 Å². The van der Waals surface area contributed by atoms with Crippen molar-refractivity contribution in [2.75, 3.05) is 19.5 Å². The number of nitro benzene ring substituents is 2. The van der Waals surface area contributed by atoms with E-state index in [2.05, 4.69) is 5.32 Å². The van der Waals surface area contributed by atoms with Crippen molar-refractivity contribution in [1.82, 2.24) is 0 Å². The third-order valence-electron chi connectivity index (χ3n) is 3.35. The Morgan fingerprint density at radius 1 is 1.04 bits per heavy atom. The summed E-state index contributed by atoms with van der Waals surface area (Å²) in [4.78, 5) is 33.2. The molecule has 0 radical (unpaired) electrons. The van der Waals surface area contributed by atoms with Crippen molar-refractivity contribution < 1.29 is 24.1 Å². The van der Waals surface area contributed by atoms with E-state index < -0.39 is 21.4 Å². The Bertz CT molecular complexity index is 901. The van der Waals surface area contributed by atoms with Crippen LogP contribution >= 0.6 is 11.6 Å². The molecule has 0 saturated carbocycles. The largest absolute Gasteiger partial charge is 0.493 e. The summed E-state index contributed by atoms with van der Waals surface area (Å²) in [5.74, 6) is -0.711. The SMILES string of the molecule is COc1cc(C(=O)Nc2cc([N+](=O)[O-])ccc2Cl)c([N+](=O)[O-])cc1OC. The molecule has 136 valence electrons. The van der Waals surface area contributed by atoms with Gasteiger partial charge in [0, 0.05) is 18.2 Å². The molecule has 0 unspecified atom stereocenters. The molecule has 0 aliphatic heterocycles. The van der Waals surface area contributed by atoms with Gasteiger partial charge in [-0.15, -0.1) is 0 Å². The number of benzene rings is 2. The molecule has 0 aliphatic rings. The molecule has 0 bridgehead atoms. The van der Waals surface area contributed by atoms with Crippen molar-refractivity contribution in [2.45, 2.75) is 0 Å². The van der Waals surface area contributed by atoms with Gasteiger partial charge in [-0.25, -0.2) is 0 Å². The Labute approximate surface area is 151 Å². The molecule has 11 heteroatoms. The highest BCUT2D eigenvalue weighted by atomic mass is 35.5. The van der Waals surface area contributed by atoms with E-state index in [1.54, 1.807) is 0 Å². The topological polar surface area (TPSA) is 134 Å². The summed E-state index contributed by atoms with van der Waals surface area (Å²) < 4.78 is 10.0. The molecule has 0 aromatic heterocycles. The van der Waals surface area contributed by atoms with Crippen molar-refractivity contribution in [1.29, 1.82) is 0 Å². The summed E-state index contributed by atoms with van der Waals surface area (Å²) in [6, 6.07) is 5.63. The quantitative estimate of drug-likeness (QED) is 0.598. The van der Waals surface area contributed by atoms with Crippen LogP contribution < -0.4 is 14.8 Å². The second-order valence-corrected chi connectivity index (χ2v) is 5.26. The van der Waals surface area contributed by atoms with Gasteiger partial charge in [0.25, 0.3) is 17.3 Å². The fourth-order valence-corrected chi connectivity index (χ4v) is 2.28. The predicted molar refractivity (Wildman–Crippen MR) is 92.3 cm³/mol. The number of ether oxygens (including phenoxy) is 2. The van der Waals surface area contributed by atoms with Crippen LogP contribution in [0.15, 0.2) is 30.3 Å². The Morgan fingerprint density at radius 2 is 1.65 bits per heavy atom. The molecular weight excluding hydrogens is 370 g/mol. The molecule has 0 heterocycles. The van der Waals surface area contributed by atoms with Crippen LogP contribution in [0.4, 0.5) is 17.1 Å². The summed E-state index contributed by atoms with van der Waals surface area (Å²) in [6.07, 6.45) is 0. The molecule has 0 saturated heterocycles. The second kappa shape index (κ2) is 7.66. The van der Waals surface area contributed by atoms with E-state index in [1.165, 1.54) is 20.3 Å². The fourth-order valence-electron chi connectivity index (χ4n) is 2.11. The smallest absolute Gasteiger partial charge is 0.286 e. The molecule has 10 nitrogen and oxygen atoms in total. The Kier molecular flexibility index (Phi) is 5.58. The van der Waals surface area contributed by atoms with Crippen molar-refractivity contribution in [3.63, 3.8) is 0 Å². The monoisotopic (exact) mass is 381 g/mol. The number of nitro groups is 2. The second-order valence-electron chi connectivity index (χ2n) is 4.86. The zero-order chi connectivity index (χ0) is 19.4. The number of hydrogen-bond donors (Lipinski definition) is 1. The van der Waals surface area contributed by atoms with Gasteiger partial charge in [-0.3, -0.25) is 25.0 Å². The van der Waals surface area contributed by atoms with Gasteiger partial charge in [0.15, 0.2) is 11.5 Å². The van der Waals surface area contributed by atoms with Gasteiger partial charge in [-0.1, -0.05) is 11.6 Å². The van der Waals surface area contributed by atoms with E-state index in [-0.39, 0.29) is 33.5 Å². The number of anilines is 1. The van der Waals surface area contributed by atoms with Crippen molar-refractivity contribution >= 4 is 34.6 Å². The number of amides is 1. The Hall–Kier alpha value is -3.40. The minimum Gasteiger partial charge on any atom is -0.493 e. The first-order chi connectivity index (χ1) is 12.3. The summed E-state index contributed by atoms with van der Waals surface area (Å²) >= 11 is 5.93. The minimum absolute atomic E-state index is 0.0343. The number of halogens is 1. The van der Waals surface area contributed by atoms with Crippen LogP contribution in [0.2, 0.25) is 5.02 Å². The maximum atomic E-state index is 12.5. The predicted octanol–water partition coefficient (Wildman–Crippen LogP) is 3.43. The lowest BCUT2D eigenvalue weighted by atomic mass is 10.1. The van der Waals surface area contributed by atoms with E-state index in [4.69, 9.17) is 21.1 Å². The number of non-ortho nitro benzene ring substituents is 1. The number of nitrogens with zero attached hydrogens (tertiary/aromatic N) is 2. The van der Waals surface area contributed by atoms with Gasteiger partial charge in [0.2, 0.25) is 0 Å². The maximum absolute atomic E-state index is 12.5. The van der Waals surface area contributed by atoms with Gasteiger partial charge in [-0.2, -0.15) is 0 Å². The molecule has 0 aliphatic carbocycles. The first-order valence-electron chi connectivity index (χ1n) is 6.94. The van der Waals surface area contributed by atoms with Crippen LogP contribution in [0.1, 0.15) is 10.4 Å². The van der Waals surface area contributed by atoms with Crippen LogP contribution in [-0.2, 0) is 0 Å². The van der Waals surface area contributed by atoms with E-state index >= 15 is 0 Å². The Morgan fingerprint density at radius 3 is 2.19 bits per heavy atom. The van der Waals surface area contributed by atoms with Gasteiger partial charge in [0.05, 0.1) is 40.8 Å². The molecule has 0 spiro atoms. The number of carbonyl (C=O) groups is 1. The molecule has 1 N–H and O–H groups in total. The van der Waals surface area contributed by atoms with Crippen LogP contribution in [0.3, 0.4) is 0 Å². The summed E-state index contributed by atoms with van der Waals surface area (Å²) in [7, 11) is 2.60. The third-order valence-corrected chi connectivity index (χ3v) is 3.68. The molecular formula is C15H12ClN3O7. The normalized spacial score (nSPS) is 10.1. The zero-order valence-electron chi connectivity index (χ0n) is 13.5. The lowest BCUT2D eigenvalue weighted by molar-refractivity contribution is -0.385. The van der Waals surface area contributed by atoms with Crippen LogP contribution in [0.5, 0.6) is 11.5 Å². The average Bonchev–Trinajstić information content (AvgIpc) is 2.61.